The summed E-state index contributed by atoms with van der Waals surface area (Å²) in [6.07, 6.45) is 0. The van der Waals surface area contributed by atoms with Gasteiger partial charge >= 0.3 is 0 Å². The number of ether oxygens (including phenoxy) is 2. The van der Waals surface area contributed by atoms with Gasteiger partial charge in [0.1, 0.15) is 11.5 Å². The molecule has 0 saturated heterocycles. The summed E-state index contributed by atoms with van der Waals surface area (Å²) < 4.78 is 10.5. The zero-order valence-corrected chi connectivity index (χ0v) is 14.3. The Labute approximate surface area is 143 Å². The summed E-state index contributed by atoms with van der Waals surface area (Å²) in [6, 6.07) is 11.4. The molecule has 2 aromatic carbocycles. The van der Waals surface area contributed by atoms with Crippen LogP contribution in [0.5, 0.6) is 11.5 Å². The summed E-state index contributed by atoms with van der Waals surface area (Å²) >= 11 is 0. The Balaban J connectivity index is 2.49. The Bertz CT molecular complexity index is 844. The highest BCUT2D eigenvalue weighted by Gasteiger charge is 2.02. The molecule has 0 N–H and O–H groups in total. The lowest BCUT2D eigenvalue weighted by Gasteiger charge is -2.03. The van der Waals surface area contributed by atoms with Gasteiger partial charge in [0.05, 0.1) is 14.2 Å². The fourth-order valence-electron chi connectivity index (χ4n) is 2.13. The number of hydrogen-bond donors (Lipinski definition) is 0. The van der Waals surface area contributed by atoms with E-state index in [0.717, 1.165) is 33.8 Å². The molecule has 0 spiro atoms. The molecule has 24 heavy (non-hydrogen) atoms. The lowest BCUT2D eigenvalue weighted by molar-refractivity contribution is 0.414. The predicted octanol–water partition coefficient (Wildman–Crippen LogP) is 3.85. The first kappa shape index (κ1) is 17.1. The van der Waals surface area contributed by atoms with Crippen molar-refractivity contribution in [2.45, 2.75) is 13.8 Å². The summed E-state index contributed by atoms with van der Waals surface area (Å²) in [6.45, 7) is 3.60. The third-order valence-electron chi connectivity index (χ3n) is 3.30. The Morgan fingerprint density at radius 3 is 1.33 bits per heavy atom. The van der Waals surface area contributed by atoms with Crippen LogP contribution in [-0.4, -0.2) is 14.2 Å². The van der Waals surface area contributed by atoms with E-state index in [9.17, 15) is 0 Å². The molecule has 0 atom stereocenters. The minimum atomic E-state index is 0.764. The van der Waals surface area contributed by atoms with Gasteiger partial charge < -0.3 is 9.47 Å². The number of benzene rings is 2. The number of methoxy groups -OCH3 is 2. The fraction of sp³-hybridized carbons (Fsp3) is 0.182. The first-order valence-corrected chi connectivity index (χ1v) is 7.45. The normalized spacial score (nSPS) is 8.67. The van der Waals surface area contributed by atoms with Crippen molar-refractivity contribution < 1.29 is 9.47 Å². The molecule has 118 valence electrons. The van der Waals surface area contributed by atoms with Crippen LogP contribution in [-0.2, 0) is 0 Å². The van der Waals surface area contributed by atoms with Crippen LogP contribution in [0.1, 0.15) is 36.1 Å². The molecule has 2 aromatic rings. The van der Waals surface area contributed by atoms with E-state index >= 15 is 0 Å². The standard InChI is InChI=1S/C22H18O2/c1-5-7-19-15-21(23-3)13-11-17(19)9-10-18-12-14-22(24-4)16-20(18)8-6-2/h11-16H,1-4H3. The van der Waals surface area contributed by atoms with E-state index in [1.807, 2.05) is 36.4 Å². The van der Waals surface area contributed by atoms with Crippen molar-refractivity contribution in [3.05, 3.63) is 58.7 Å². The smallest absolute Gasteiger partial charge is 0.120 e. The first-order chi connectivity index (χ1) is 11.7. The maximum Gasteiger partial charge on any atom is 0.120 e. The summed E-state index contributed by atoms with van der Waals surface area (Å²) in [4.78, 5) is 0. The monoisotopic (exact) mass is 314 g/mol. The van der Waals surface area contributed by atoms with E-state index in [1.165, 1.54) is 0 Å². The molecule has 0 aromatic heterocycles. The summed E-state index contributed by atoms with van der Waals surface area (Å²) in [5.41, 5.74) is 3.41. The quantitative estimate of drug-likeness (QED) is 0.784. The van der Waals surface area contributed by atoms with Crippen molar-refractivity contribution in [1.29, 1.82) is 0 Å². The number of hydrogen-bond acceptors (Lipinski definition) is 2. The molecule has 0 amide bonds. The van der Waals surface area contributed by atoms with Gasteiger partial charge in [0.15, 0.2) is 0 Å². The molecule has 0 heterocycles. The molecule has 0 fully saturated rings. The lowest BCUT2D eigenvalue weighted by atomic mass is 10.0. The average molecular weight is 314 g/mol. The molecule has 0 aliphatic carbocycles. The van der Waals surface area contributed by atoms with Gasteiger partial charge in [-0.3, -0.25) is 0 Å². The molecule has 0 bridgehead atoms. The Hall–Kier alpha value is -3.28. The Morgan fingerprint density at radius 1 is 0.583 bits per heavy atom. The van der Waals surface area contributed by atoms with Crippen LogP contribution in [0, 0.1) is 35.5 Å². The number of rotatable bonds is 2. The van der Waals surface area contributed by atoms with Crippen molar-refractivity contribution in [3.8, 4) is 47.0 Å². The van der Waals surface area contributed by atoms with E-state index in [0.29, 0.717) is 0 Å². The molecule has 0 radical (unpaired) electrons. The van der Waals surface area contributed by atoms with Crippen LogP contribution in [0.3, 0.4) is 0 Å². The lowest BCUT2D eigenvalue weighted by Crippen LogP contribution is -1.90. The van der Waals surface area contributed by atoms with Crippen LogP contribution < -0.4 is 9.47 Å². The van der Waals surface area contributed by atoms with Gasteiger partial charge in [0, 0.05) is 22.3 Å². The van der Waals surface area contributed by atoms with Crippen molar-refractivity contribution >= 4 is 0 Å². The zero-order chi connectivity index (χ0) is 17.4. The van der Waals surface area contributed by atoms with Crippen molar-refractivity contribution in [3.63, 3.8) is 0 Å². The van der Waals surface area contributed by atoms with Gasteiger partial charge in [-0.05, 0) is 50.2 Å². The molecule has 2 nitrogen and oxygen atoms in total. The first-order valence-electron chi connectivity index (χ1n) is 7.45. The van der Waals surface area contributed by atoms with Gasteiger partial charge in [-0.1, -0.05) is 23.7 Å². The molecule has 0 aliphatic rings. The third kappa shape index (κ3) is 4.13. The Kier molecular flexibility index (Phi) is 5.96. The highest BCUT2D eigenvalue weighted by Crippen LogP contribution is 2.18. The molecule has 0 saturated carbocycles. The van der Waals surface area contributed by atoms with Crippen molar-refractivity contribution in [2.24, 2.45) is 0 Å². The van der Waals surface area contributed by atoms with Gasteiger partial charge in [0.2, 0.25) is 0 Å². The van der Waals surface area contributed by atoms with Crippen LogP contribution in [0.25, 0.3) is 0 Å². The second kappa shape index (κ2) is 8.38. The van der Waals surface area contributed by atoms with Crippen LogP contribution in [0.2, 0.25) is 0 Å². The minimum Gasteiger partial charge on any atom is -0.497 e. The third-order valence-corrected chi connectivity index (χ3v) is 3.30. The highest BCUT2D eigenvalue weighted by molar-refractivity contribution is 5.58. The van der Waals surface area contributed by atoms with Gasteiger partial charge in [-0.2, -0.15) is 0 Å². The zero-order valence-electron chi connectivity index (χ0n) is 14.3. The minimum absolute atomic E-state index is 0.764. The topological polar surface area (TPSA) is 18.5 Å². The molecule has 0 aliphatic heterocycles. The fourth-order valence-corrected chi connectivity index (χ4v) is 2.13. The molecule has 0 unspecified atom stereocenters. The van der Waals surface area contributed by atoms with E-state index in [-0.39, 0.29) is 0 Å². The van der Waals surface area contributed by atoms with Crippen LogP contribution >= 0.6 is 0 Å². The maximum atomic E-state index is 5.25. The highest BCUT2D eigenvalue weighted by atomic mass is 16.5. The van der Waals surface area contributed by atoms with E-state index in [2.05, 4.69) is 35.5 Å². The molecular weight excluding hydrogens is 296 g/mol. The summed E-state index contributed by atoms with van der Waals surface area (Å²) in [7, 11) is 3.27. The van der Waals surface area contributed by atoms with Crippen LogP contribution in [0.4, 0.5) is 0 Å². The van der Waals surface area contributed by atoms with E-state index in [4.69, 9.17) is 9.47 Å². The van der Waals surface area contributed by atoms with Gasteiger partial charge in [-0.25, -0.2) is 0 Å². The van der Waals surface area contributed by atoms with E-state index in [1.54, 1.807) is 28.1 Å². The SMILES string of the molecule is CC#Cc1cc(OC)ccc1C#Cc1ccc(OC)cc1C#CC. The molecule has 2 rings (SSSR count). The largest absolute Gasteiger partial charge is 0.497 e. The van der Waals surface area contributed by atoms with Crippen molar-refractivity contribution in [1.82, 2.24) is 0 Å². The van der Waals surface area contributed by atoms with Crippen LogP contribution in [0.15, 0.2) is 36.4 Å². The molecular formula is C22H18O2. The summed E-state index contributed by atoms with van der Waals surface area (Å²) in [5.74, 6) is 19.8. The predicted molar refractivity (Wildman–Crippen MR) is 97.1 cm³/mol. The Morgan fingerprint density at radius 2 is 1.00 bits per heavy atom. The second-order valence-electron chi connectivity index (χ2n) is 4.82. The van der Waals surface area contributed by atoms with E-state index < -0.39 is 0 Å². The van der Waals surface area contributed by atoms with Crippen molar-refractivity contribution in [2.75, 3.05) is 14.2 Å². The van der Waals surface area contributed by atoms with Gasteiger partial charge in [-0.15, -0.1) is 11.8 Å². The molecule has 2 heteroatoms. The summed E-state index contributed by atoms with van der Waals surface area (Å²) in [5, 5.41) is 0. The second-order valence-corrected chi connectivity index (χ2v) is 4.82. The van der Waals surface area contributed by atoms with Gasteiger partial charge in [0.25, 0.3) is 0 Å². The maximum absolute atomic E-state index is 5.25. The average Bonchev–Trinajstić information content (AvgIpc) is 2.61.